The molecule has 0 aliphatic rings. The number of rotatable bonds is 8. The lowest BCUT2D eigenvalue weighted by Gasteiger charge is -2.18. The molecule has 0 unspecified atom stereocenters. The predicted octanol–water partition coefficient (Wildman–Crippen LogP) is 11.9. The number of hydrogen-bond donors (Lipinski definition) is 0. The van der Waals surface area contributed by atoms with Crippen LogP contribution >= 0.6 is 0 Å². The summed E-state index contributed by atoms with van der Waals surface area (Å²) in [6.07, 6.45) is 0. The highest BCUT2D eigenvalue weighted by Gasteiger charge is 2.23. The van der Waals surface area contributed by atoms with Crippen molar-refractivity contribution in [3.05, 3.63) is 229 Å². The molecule has 0 radical (unpaired) electrons. The maximum Gasteiger partial charge on any atom is 0.145 e. The first-order valence-electron chi connectivity index (χ1n) is 16.7. The van der Waals surface area contributed by atoms with Crippen LogP contribution in [-0.2, 0) is 0 Å². The third-order valence-corrected chi connectivity index (χ3v) is 8.86. The summed E-state index contributed by atoms with van der Waals surface area (Å²) in [6, 6.07) is 72.7. The molecular formula is C47H34N2. The first-order valence-corrected chi connectivity index (χ1v) is 16.7. The van der Waals surface area contributed by atoms with E-state index in [1.807, 2.05) is 0 Å². The Morgan fingerprint density at radius 3 is 1.14 bits per heavy atom. The molecule has 0 aliphatic carbocycles. The summed E-state index contributed by atoms with van der Waals surface area (Å²) >= 11 is 0. The third kappa shape index (κ3) is 6.04. The smallest absolute Gasteiger partial charge is 0.145 e. The lowest BCUT2D eigenvalue weighted by molar-refractivity contribution is 1.07. The molecule has 232 valence electrons. The fourth-order valence-corrected chi connectivity index (χ4v) is 6.61. The van der Waals surface area contributed by atoms with Gasteiger partial charge < -0.3 is 0 Å². The normalized spacial score (nSPS) is 10.9. The number of nitrogens with zero attached hydrogens (tertiary/aromatic N) is 2. The van der Waals surface area contributed by atoms with Gasteiger partial charge in [-0.15, -0.1) is 0 Å². The van der Waals surface area contributed by atoms with Crippen molar-refractivity contribution in [2.24, 2.45) is 0 Å². The van der Waals surface area contributed by atoms with Crippen LogP contribution in [0.3, 0.4) is 0 Å². The van der Waals surface area contributed by atoms with E-state index in [2.05, 4.69) is 211 Å². The van der Waals surface area contributed by atoms with Gasteiger partial charge in [0.25, 0.3) is 0 Å². The Hall–Kier alpha value is -6.51. The molecule has 1 heterocycles. The number of benzene rings is 7. The molecule has 2 nitrogen and oxygen atoms in total. The van der Waals surface area contributed by atoms with Crippen LogP contribution in [-0.4, -0.2) is 9.55 Å². The van der Waals surface area contributed by atoms with Crippen LogP contribution < -0.4 is 0 Å². The van der Waals surface area contributed by atoms with Crippen LogP contribution in [0.15, 0.2) is 206 Å². The second-order valence-electron chi connectivity index (χ2n) is 12.0. The fourth-order valence-electron chi connectivity index (χ4n) is 6.61. The van der Waals surface area contributed by atoms with E-state index in [0.29, 0.717) is 0 Å². The number of hydrogen-bond acceptors (Lipinski definition) is 1. The average molecular weight is 627 g/mol. The van der Waals surface area contributed by atoms with Crippen LogP contribution in [0.25, 0.3) is 50.7 Å². The average Bonchev–Trinajstić information content (AvgIpc) is 3.60. The summed E-state index contributed by atoms with van der Waals surface area (Å²) in [5.74, 6) is 0.895. The van der Waals surface area contributed by atoms with E-state index < -0.39 is 0 Å². The van der Waals surface area contributed by atoms with Gasteiger partial charge in [-0.25, -0.2) is 4.98 Å². The van der Waals surface area contributed by atoms with E-state index in [1.165, 1.54) is 27.8 Å². The molecule has 0 aliphatic heterocycles. The van der Waals surface area contributed by atoms with E-state index in [-0.39, 0.29) is 0 Å². The molecule has 0 N–H and O–H groups in total. The van der Waals surface area contributed by atoms with Crippen LogP contribution in [0, 0.1) is 0 Å². The SMILES string of the molecule is c1ccc(C(=C(c2ccccc2)c2ccc(-c3nc(-c4ccccc4)c(-c4ccccc4)n3-c3ccccc3)cc2)c2ccccc2)cc1. The van der Waals surface area contributed by atoms with Crippen molar-refractivity contribution in [2.75, 3.05) is 0 Å². The minimum atomic E-state index is 0.895. The molecule has 0 bridgehead atoms. The molecule has 0 amide bonds. The molecule has 1 aromatic heterocycles. The lowest BCUT2D eigenvalue weighted by Crippen LogP contribution is -2.01. The molecule has 7 aromatic carbocycles. The summed E-state index contributed by atoms with van der Waals surface area (Å²) in [6.45, 7) is 0. The van der Waals surface area contributed by atoms with Gasteiger partial charge in [-0.2, -0.15) is 0 Å². The van der Waals surface area contributed by atoms with Gasteiger partial charge in [0.15, 0.2) is 0 Å². The molecule has 8 aromatic rings. The predicted molar refractivity (Wildman–Crippen MR) is 204 cm³/mol. The highest BCUT2D eigenvalue weighted by atomic mass is 15.1. The van der Waals surface area contributed by atoms with E-state index in [0.717, 1.165) is 45.2 Å². The molecule has 2 heteroatoms. The second kappa shape index (κ2) is 13.7. The molecule has 8 rings (SSSR count). The quantitative estimate of drug-likeness (QED) is 0.153. The van der Waals surface area contributed by atoms with Crippen LogP contribution in [0.1, 0.15) is 22.3 Å². The summed E-state index contributed by atoms with van der Waals surface area (Å²) < 4.78 is 2.31. The number of aromatic nitrogens is 2. The summed E-state index contributed by atoms with van der Waals surface area (Å²) in [5, 5.41) is 0. The van der Waals surface area contributed by atoms with E-state index >= 15 is 0 Å². The summed E-state index contributed by atoms with van der Waals surface area (Å²) in [5.41, 5.74) is 13.4. The Bertz CT molecular complexity index is 2270. The first kappa shape index (κ1) is 29.9. The highest BCUT2D eigenvalue weighted by Crippen LogP contribution is 2.40. The first-order chi connectivity index (χ1) is 24.3. The molecular weight excluding hydrogens is 593 g/mol. The van der Waals surface area contributed by atoms with Gasteiger partial charge >= 0.3 is 0 Å². The topological polar surface area (TPSA) is 17.8 Å². The molecule has 49 heavy (non-hydrogen) atoms. The van der Waals surface area contributed by atoms with Crippen molar-refractivity contribution in [1.82, 2.24) is 9.55 Å². The molecule has 0 atom stereocenters. The van der Waals surface area contributed by atoms with Gasteiger partial charge in [0.2, 0.25) is 0 Å². The maximum atomic E-state index is 5.42. The maximum absolute atomic E-state index is 5.42. The zero-order chi connectivity index (χ0) is 32.8. The van der Waals surface area contributed by atoms with Gasteiger partial charge in [-0.05, 0) is 45.5 Å². The van der Waals surface area contributed by atoms with Gasteiger partial charge in [0.1, 0.15) is 5.82 Å². The van der Waals surface area contributed by atoms with E-state index in [9.17, 15) is 0 Å². The summed E-state index contributed by atoms with van der Waals surface area (Å²) in [7, 11) is 0. The van der Waals surface area contributed by atoms with Crippen molar-refractivity contribution in [3.8, 4) is 39.6 Å². The minimum absolute atomic E-state index is 0.895. The van der Waals surface area contributed by atoms with Gasteiger partial charge in [0.05, 0.1) is 11.4 Å². The Kier molecular flexibility index (Phi) is 8.34. The van der Waals surface area contributed by atoms with Crippen molar-refractivity contribution in [3.63, 3.8) is 0 Å². The molecule has 0 saturated carbocycles. The Labute approximate surface area is 288 Å². The zero-order valence-electron chi connectivity index (χ0n) is 27.0. The zero-order valence-corrected chi connectivity index (χ0v) is 27.0. The Morgan fingerprint density at radius 2 is 0.694 bits per heavy atom. The minimum Gasteiger partial charge on any atom is -0.292 e. The van der Waals surface area contributed by atoms with Crippen molar-refractivity contribution >= 4 is 11.1 Å². The highest BCUT2D eigenvalue weighted by molar-refractivity contribution is 6.04. The van der Waals surface area contributed by atoms with Crippen LogP contribution in [0.2, 0.25) is 0 Å². The fraction of sp³-hybridized carbons (Fsp3) is 0. The van der Waals surface area contributed by atoms with Crippen molar-refractivity contribution in [2.45, 2.75) is 0 Å². The number of para-hydroxylation sites is 1. The standard InChI is InChI=1S/C47H34N2/c1-7-19-35(20-8-1)43(36-21-9-2-10-22-36)44(37-23-11-3-12-24-37)38-31-33-41(34-32-38)47-48-45(39-25-13-4-14-26-39)46(40-27-15-5-16-28-40)49(47)42-29-17-6-18-30-42/h1-34H. The Morgan fingerprint density at radius 1 is 0.327 bits per heavy atom. The monoisotopic (exact) mass is 626 g/mol. The van der Waals surface area contributed by atoms with Crippen LogP contribution in [0.4, 0.5) is 0 Å². The molecule has 0 spiro atoms. The van der Waals surface area contributed by atoms with E-state index in [4.69, 9.17) is 4.98 Å². The second-order valence-corrected chi connectivity index (χ2v) is 12.0. The van der Waals surface area contributed by atoms with Crippen molar-refractivity contribution in [1.29, 1.82) is 0 Å². The summed E-state index contributed by atoms with van der Waals surface area (Å²) in [4.78, 5) is 5.42. The van der Waals surface area contributed by atoms with Crippen molar-refractivity contribution < 1.29 is 0 Å². The molecule has 0 saturated heterocycles. The third-order valence-electron chi connectivity index (χ3n) is 8.86. The van der Waals surface area contributed by atoms with Gasteiger partial charge in [-0.1, -0.05) is 194 Å². The largest absolute Gasteiger partial charge is 0.292 e. The van der Waals surface area contributed by atoms with Gasteiger partial charge in [0, 0.05) is 22.4 Å². The van der Waals surface area contributed by atoms with E-state index in [1.54, 1.807) is 0 Å². The van der Waals surface area contributed by atoms with Gasteiger partial charge in [-0.3, -0.25) is 4.57 Å². The lowest BCUT2D eigenvalue weighted by atomic mass is 9.85. The molecule has 0 fully saturated rings. The van der Waals surface area contributed by atoms with Crippen LogP contribution in [0.5, 0.6) is 0 Å². The number of imidazole rings is 1. The Balaban J connectivity index is 1.36.